The summed E-state index contributed by atoms with van der Waals surface area (Å²) in [5.41, 5.74) is 3.27. The molecule has 1 N–H and O–H groups in total. The van der Waals surface area contributed by atoms with Crippen molar-refractivity contribution in [3.8, 4) is 11.3 Å². The number of halogens is 2. The second-order valence-electron chi connectivity index (χ2n) is 5.42. The van der Waals surface area contributed by atoms with E-state index in [2.05, 4.69) is 20.3 Å². The molecule has 0 fully saturated rings. The number of pyridine rings is 1. The highest BCUT2D eigenvalue weighted by Gasteiger charge is 2.08. The lowest BCUT2D eigenvalue weighted by Gasteiger charge is -2.10. The monoisotopic (exact) mass is 350 g/mol. The van der Waals surface area contributed by atoms with Gasteiger partial charge in [-0.3, -0.25) is 4.98 Å². The molecule has 0 spiro atoms. The van der Waals surface area contributed by atoms with Gasteiger partial charge in [0.25, 0.3) is 0 Å². The molecule has 0 radical (unpaired) electrons. The number of rotatable bonds is 3. The zero-order chi connectivity index (χ0) is 17.2. The first-order chi connectivity index (χ1) is 12.2. The molecule has 0 amide bonds. The molecule has 2 heterocycles. The van der Waals surface area contributed by atoms with E-state index in [0.29, 0.717) is 11.5 Å². The highest BCUT2D eigenvalue weighted by atomic mass is 35.5. The Bertz CT molecular complexity index is 1050. The number of nitrogens with one attached hydrogen (secondary N) is 1. The molecule has 122 valence electrons. The molecule has 4 rings (SSSR count). The van der Waals surface area contributed by atoms with Crippen LogP contribution >= 0.6 is 11.6 Å². The van der Waals surface area contributed by atoms with Crippen LogP contribution < -0.4 is 5.32 Å². The second-order valence-corrected chi connectivity index (χ2v) is 5.83. The van der Waals surface area contributed by atoms with Gasteiger partial charge in [-0.1, -0.05) is 23.7 Å². The van der Waals surface area contributed by atoms with E-state index in [-0.39, 0.29) is 5.02 Å². The fourth-order valence-corrected chi connectivity index (χ4v) is 2.74. The number of hydrogen-bond acceptors (Lipinski definition) is 4. The van der Waals surface area contributed by atoms with Gasteiger partial charge in [-0.25, -0.2) is 14.4 Å². The van der Waals surface area contributed by atoms with E-state index in [4.69, 9.17) is 11.6 Å². The van der Waals surface area contributed by atoms with Crippen molar-refractivity contribution in [2.24, 2.45) is 0 Å². The van der Waals surface area contributed by atoms with Gasteiger partial charge in [0, 0.05) is 22.8 Å². The summed E-state index contributed by atoms with van der Waals surface area (Å²) in [4.78, 5) is 13.0. The largest absolute Gasteiger partial charge is 0.340 e. The molecule has 4 aromatic rings. The van der Waals surface area contributed by atoms with E-state index in [1.807, 2.05) is 36.4 Å². The molecule has 6 heteroatoms. The Labute approximate surface area is 148 Å². The van der Waals surface area contributed by atoms with Crippen molar-refractivity contribution in [3.63, 3.8) is 0 Å². The van der Waals surface area contributed by atoms with Crippen molar-refractivity contribution < 1.29 is 4.39 Å². The fourth-order valence-electron chi connectivity index (χ4n) is 2.56. The Morgan fingerprint density at radius 1 is 0.920 bits per heavy atom. The van der Waals surface area contributed by atoms with E-state index >= 15 is 0 Å². The average Bonchev–Trinajstić information content (AvgIpc) is 2.65. The number of aromatic nitrogens is 3. The summed E-state index contributed by atoms with van der Waals surface area (Å²) in [6, 6.07) is 16.1. The topological polar surface area (TPSA) is 50.7 Å². The third-order valence-corrected chi connectivity index (χ3v) is 4.07. The predicted octanol–water partition coefficient (Wildman–Crippen LogP) is 5.23. The first-order valence-corrected chi connectivity index (χ1v) is 7.97. The van der Waals surface area contributed by atoms with Crippen molar-refractivity contribution in [2.45, 2.75) is 0 Å². The third kappa shape index (κ3) is 3.14. The number of nitrogens with zero attached hydrogens (tertiary/aromatic N) is 3. The van der Waals surface area contributed by atoms with Crippen molar-refractivity contribution >= 4 is 34.0 Å². The second kappa shape index (κ2) is 6.45. The first-order valence-electron chi connectivity index (χ1n) is 7.59. The maximum atomic E-state index is 13.3. The van der Waals surface area contributed by atoms with Crippen LogP contribution in [0, 0.1) is 5.82 Å². The summed E-state index contributed by atoms with van der Waals surface area (Å²) >= 11 is 5.85. The van der Waals surface area contributed by atoms with E-state index in [9.17, 15) is 4.39 Å². The summed E-state index contributed by atoms with van der Waals surface area (Å²) in [7, 11) is 0. The third-order valence-electron chi connectivity index (χ3n) is 3.78. The van der Waals surface area contributed by atoms with Crippen molar-refractivity contribution in [2.75, 3.05) is 5.32 Å². The van der Waals surface area contributed by atoms with Gasteiger partial charge >= 0.3 is 0 Å². The van der Waals surface area contributed by atoms with Gasteiger partial charge in [-0.2, -0.15) is 0 Å². The van der Waals surface area contributed by atoms with Gasteiger partial charge in [-0.05, 0) is 42.5 Å². The van der Waals surface area contributed by atoms with Crippen LogP contribution in [0.2, 0.25) is 5.02 Å². The van der Waals surface area contributed by atoms with Crippen LogP contribution in [0.5, 0.6) is 0 Å². The molecule has 2 aromatic heterocycles. The summed E-state index contributed by atoms with van der Waals surface area (Å²) in [6.45, 7) is 0. The lowest BCUT2D eigenvalue weighted by molar-refractivity contribution is 0.628. The van der Waals surface area contributed by atoms with Crippen LogP contribution in [0.15, 0.2) is 67.1 Å². The van der Waals surface area contributed by atoms with Crippen LogP contribution in [0.4, 0.5) is 15.9 Å². The molecule has 0 aliphatic rings. The highest BCUT2D eigenvalue weighted by Crippen LogP contribution is 2.28. The Morgan fingerprint density at radius 2 is 1.84 bits per heavy atom. The van der Waals surface area contributed by atoms with Crippen LogP contribution in [-0.4, -0.2) is 15.0 Å². The Morgan fingerprint density at radius 3 is 2.64 bits per heavy atom. The van der Waals surface area contributed by atoms with E-state index in [0.717, 1.165) is 22.2 Å². The molecular formula is C19H12ClFN4. The van der Waals surface area contributed by atoms with Crippen molar-refractivity contribution in [3.05, 3.63) is 78.0 Å². The number of anilines is 2. The zero-order valence-corrected chi connectivity index (χ0v) is 13.7. The predicted molar refractivity (Wildman–Crippen MR) is 97.5 cm³/mol. The van der Waals surface area contributed by atoms with Gasteiger partial charge in [0.15, 0.2) is 0 Å². The molecule has 0 aliphatic heterocycles. The van der Waals surface area contributed by atoms with Gasteiger partial charge < -0.3 is 5.32 Å². The lowest BCUT2D eigenvalue weighted by Crippen LogP contribution is -1.97. The van der Waals surface area contributed by atoms with E-state index < -0.39 is 5.82 Å². The minimum atomic E-state index is -0.461. The normalized spacial score (nSPS) is 10.8. The Balaban J connectivity index is 1.79. The Kier molecular flexibility index (Phi) is 3.99. The molecule has 0 atom stereocenters. The number of hydrogen-bond donors (Lipinski definition) is 1. The van der Waals surface area contributed by atoms with E-state index in [1.54, 1.807) is 12.3 Å². The van der Waals surface area contributed by atoms with Crippen LogP contribution in [0.25, 0.3) is 22.2 Å². The zero-order valence-electron chi connectivity index (χ0n) is 12.9. The fraction of sp³-hybridized carbons (Fsp3) is 0. The molecule has 25 heavy (non-hydrogen) atoms. The first kappa shape index (κ1) is 15.5. The highest BCUT2D eigenvalue weighted by molar-refractivity contribution is 6.31. The van der Waals surface area contributed by atoms with Gasteiger partial charge in [-0.15, -0.1) is 0 Å². The van der Waals surface area contributed by atoms with E-state index in [1.165, 1.54) is 18.5 Å². The summed E-state index contributed by atoms with van der Waals surface area (Å²) in [5.74, 6) is 0.155. The summed E-state index contributed by atoms with van der Waals surface area (Å²) in [6.07, 6.45) is 3.23. The smallest absolute Gasteiger partial charge is 0.141 e. The molecular weight excluding hydrogens is 339 g/mol. The van der Waals surface area contributed by atoms with Crippen LogP contribution in [0.1, 0.15) is 0 Å². The summed E-state index contributed by atoms with van der Waals surface area (Å²) in [5, 5.41) is 4.06. The summed E-state index contributed by atoms with van der Waals surface area (Å²) < 4.78 is 13.3. The maximum Gasteiger partial charge on any atom is 0.141 e. The van der Waals surface area contributed by atoms with Crippen LogP contribution in [-0.2, 0) is 0 Å². The standard InChI is InChI=1S/C19H12ClFN4/c20-15-10-13(5-6-16(15)21)25-19-14-9-12(17-3-1-2-8-22-17)4-7-18(14)23-11-24-19/h1-11H,(H,23,24,25). The molecule has 2 aromatic carbocycles. The minimum Gasteiger partial charge on any atom is -0.340 e. The molecule has 0 aliphatic carbocycles. The van der Waals surface area contributed by atoms with Crippen LogP contribution in [0.3, 0.4) is 0 Å². The number of fused-ring (bicyclic) bond motifs is 1. The molecule has 4 nitrogen and oxygen atoms in total. The minimum absolute atomic E-state index is 0.0533. The molecule has 0 unspecified atom stereocenters. The molecule has 0 saturated heterocycles. The molecule has 0 saturated carbocycles. The Hall–Kier alpha value is -3.05. The number of benzene rings is 2. The average molecular weight is 351 g/mol. The van der Waals surface area contributed by atoms with Gasteiger partial charge in [0.1, 0.15) is 18.0 Å². The van der Waals surface area contributed by atoms with Crippen molar-refractivity contribution in [1.82, 2.24) is 15.0 Å². The quantitative estimate of drug-likeness (QED) is 0.549. The lowest BCUT2D eigenvalue weighted by atomic mass is 10.1. The molecule has 0 bridgehead atoms. The SMILES string of the molecule is Fc1ccc(Nc2ncnc3ccc(-c4ccccn4)cc23)cc1Cl. The van der Waals surface area contributed by atoms with Crippen molar-refractivity contribution in [1.29, 1.82) is 0 Å². The van der Waals surface area contributed by atoms with Gasteiger partial charge in [0.2, 0.25) is 0 Å². The van der Waals surface area contributed by atoms with Gasteiger partial charge in [0.05, 0.1) is 16.2 Å². The maximum absolute atomic E-state index is 13.3.